The molecule has 2 aromatic heterocycles. The minimum Gasteiger partial charge on any atom is -0.485 e. The number of rotatable bonds is 7. The van der Waals surface area contributed by atoms with E-state index in [0.29, 0.717) is 6.61 Å². The highest BCUT2D eigenvalue weighted by atomic mass is 32.1. The molecule has 0 radical (unpaired) electrons. The molecule has 0 saturated heterocycles. The molecule has 19 heavy (non-hydrogen) atoms. The first-order valence-corrected chi connectivity index (χ1v) is 7.61. The summed E-state index contributed by atoms with van der Waals surface area (Å²) in [6.07, 6.45) is 6.38. The second-order valence-electron chi connectivity index (χ2n) is 4.84. The van der Waals surface area contributed by atoms with E-state index in [0.717, 1.165) is 24.9 Å². The van der Waals surface area contributed by atoms with Gasteiger partial charge in [-0.2, -0.15) is 5.10 Å². The van der Waals surface area contributed by atoms with Gasteiger partial charge in [-0.25, -0.2) is 0 Å². The van der Waals surface area contributed by atoms with Gasteiger partial charge in [-0.1, -0.05) is 0 Å². The summed E-state index contributed by atoms with van der Waals surface area (Å²) in [4.78, 5) is 2.64. The van der Waals surface area contributed by atoms with Gasteiger partial charge < -0.3 is 10.1 Å². The van der Waals surface area contributed by atoms with Crippen molar-refractivity contribution in [1.29, 1.82) is 0 Å². The van der Waals surface area contributed by atoms with Gasteiger partial charge in [-0.05, 0) is 31.9 Å². The number of nitrogens with zero attached hydrogens (tertiary/aromatic N) is 2. The summed E-state index contributed by atoms with van der Waals surface area (Å²) >= 11 is 1.82. The molecule has 0 amide bonds. The molecule has 3 rings (SSSR count). The van der Waals surface area contributed by atoms with Crippen LogP contribution in [0.3, 0.4) is 0 Å². The van der Waals surface area contributed by atoms with Crippen molar-refractivity contribution in [2.45, 2.75) is 45.5 Å². The summed E-state index contributed by atoms with van der Waals surface area (Å²) in [5.74, 6) is 0.841. The Kier molecular flexibility index (Phi) is 3.84. The van der Waals surface area contributed by atoms with Crippen LogP contribution in [0.5, 0.6) is 5.75 Å². The van der Waals surface area contributed by atoms with E-state index in [2.05, 4.69) is 29.5 Å². The van der Waals surface area contributed by atoms with Crippen molar-refractivity contribution in [2.24, 2.45) is 0 Å². The third-order valence-corrected chi connectivity index (χ3v) is 4.23. The largest absolute Gasteiger partial charge is 0.485 e. The molecule has 4 nitrogen and oxygen atoms in total. The second kappa shape index (κ2) is 5.75. The van der Waals surface area contributed by atoms with Crippen molar-refractivity contribution >= 4 is 11.3 Å². The lowest BCUT2D eigenvalue weighted by Crippen LogP contribution is -2.14. The van der Waals surface area contributed by atoms with Crippen LogP contribution in [0.1, 0.15) is 29.5 Å². The molecule has 0 atom stereocenters. The SMILES string of the molecule is CCn1cc(OCc2ccc(CNC3CC3)s2)cn1. The molecule has 0 aliphatic heterocycles. The third-order valence-electron chi connectivity index (χ3n) is 3.17. The first kappa shape index (κ1) is 12.7. The van der Waals surface area contributed by atoms with Gasteiger partial charge >= 0.3 is 0 Å². The normalized spacial score (nSPS) is 14.8. The van der Waals surface area contributed by atoms with Gasteiger partial charge in [0, 0.05) is 28.9 Å². The van der Waals surface area contributed by atoms with Crippen LogP contribution in [-0.4, -0.2) is 15.8 Å². The molecule has 0 spiro atoms. The van der Waals surface area contributed by atoms with Gasteiger partial charge in [-0.3, -0.25) is 4.68 Å². The minimum absolute atomic E-state index is 0.628. The van der Waals surface area contributed by atoms with Gasteiger partial charge in [0.25, 0.3) is 0 Å². The zero-order chi connectivity index (χ0) is 13.1. The van der Waals surface area contributed by atoms with E-state index < -0.39 is 0 Å². The monoisotopic (exact) mass is 277 g/mol. The molecule has 1 fully saturated rings. The van der Waals surface area contributed by atoms with E-state index in [1.807, 2.05) is 22.2 Å². The number of hydrogen-bond acceptors (Lipinski definition) is 4. The lowest BCUT2D eigenvalue weighted by atomic mass is 10.4. The highest BCUT2D eigenvalue weighted by Gasteiger charge is 2.20. The zero-order valence-electron chi connectivity index (χ0n) is 11.1. The van der Waals surface area contributed by atoms with Crippen molar-refractivity contribution in [3.8, 4) is 5.75 Å². The number of aryl methyl sites for hydroxylation is 1. The Morgan fingerprint density at radius 3 is 3.00 bits per heavy atom. The molecule has 2 aromatic rings. The predicted molar refractivity (Wildman–Crippen MR) is 76.4 cm³/mol. The van der Waals surface area contributed by atoms with Gasteiger partial charge in [-0.15, -0.1) is 11.3 Å². The first-order chi connectivity index (χ1) is 9.33. The summed E-state index contributed by atoms with van der Waals surface area (Å²) in [5, 5.41) is 7.72. The maximum atomic E-state index is 5.73. The van der Waals surface area contributed by atoms with Crippen LogP contribution in [0.25, 0.3) is 0 Å². The fraction of sp³-hybridized carbons (Fsp3) is 0.500. The fourth-order valence-electron chi connectivity index (χ4n) is 1.87. The van der Waals surface area contributed by atoms with Crippen LogP contribution < -0.4 is 10.1 Å². The van der Waals surface area contributed by atoms with Crippen LogP contribution in [0.4, 0.5) is 0 Å². The number of ether oxygens (including phenoxy) is 1. The summed E-state index contributed by atoms with van der Waals surface area (Å²) < 4.78 is 7.60. The molecule has 5 heteroatoms. The molecule has 1 aliphatic rings. The van der Waals surface area contributed by atoms with Gasteiger partial charge in [0.05, 0.1) is 12.4 Å². The summed E-state index contributed by atoms with van der Waals surface area (Å²) in [6.45, 7) is 4.56. The fourth-order valence-corrected chi connectivity index (χ4v) is 2.76. The molecule has 0 unspecified atom stereocenters. The lowest BCUT2D eigenvalue weighted by Gasteiger charge is -2.01. The van der Waals surface area contributed by atoms with Crippen LogP contribution in [0, 0.1) is 0 Å². The Bertz CT molecular complexity index is 530. The Morgan fingerprint density at radius 1 is 1.42 bits per heavy atom. The number of hydrogen-bond donors (Lipinski definition) is 1. The van der Waals surface area contributed by atoms with Crippen molar-refractivity contribution in [2.75, 3.05) is 0 Å². The van der Waals surface area contributed by atoms with Crippen molar-refractivity contribution in [3.05, 3.63) is 34.3 Å². The Balaban J connectivity index is 1.48. The number of thiophene rings is 1. The van der Waals surface area contributed by atoms with Gasteiger partial charge in [0.1, 0.15) is 6.61 Å². The van der Waals surface area contributed by atoms with Gasteiger partial charge in [0.2, 0.25) is 0 Å². The predicted octanol–water partition coefficient (Wildman–Crippen LogP) is 2.80. The van der Waals surface area contributed by atoms with Crippen molar-refractivity contribution in [3.63, 3.8) is 0 Å². The van der Waals surface area contributed by atoms with Crippen LogP contribution in [0.2, 0.25) is 0 Å². The van der Waals surface area contributed by atoms with Crippen LogP contribution in [-0.2, 0) is 19.7 Å². The molecule has 102 valence electrons. The Morgan fingerprint density at radius 2 is 2.26 bits per heavy atom. The number of aromatic nitrogens is 2. The molecule has 1 saturated carbocycles. The summed E-state index contributed by atoms with van der Waals surface area (Å²) in [5.41, 5.74) is 0. The van der Waals surface area contributed by atoms with Crippen molar-refractivity contribution in [1.82, 2.24) is 15.1 Å². The maximum Gasteiger partial charge on any atom is 0.157 e. The molecule has 1 aliphatic carbocycles. The summed E-state index contributed by atoms with van der Waals surface area (Å²) in [7, 11) is 0. The molecule has 1 N–H and O–H groups in total. The quantitative estimate of drug-likeness (QED) is 0.846. The molecule has 2 heterocycles. The molecular formula is C14H19N3OS. The lowest BCUT2D eigenvalue weighted by molar-refractivity contribution is 0.309. The van der Waals surface area contributed by atoms with E-state index in [4.69, 9.17) is 4.74 Å². The van der Waals surface area contributed by atoms with E-state index in [1.54, 1.807) is 6.20 Å². The van der Waals surface area contributed by atoms with Crippen LogP contribution in [0.15, 0.2) is 24.5 Å². The van der Waals surface area contributed by atoms with E-state index in [-0.39, 0.29) is 0 Å². The maximum absolute atomic E-state index is 5.73. The molecule has 0 aromatic carbocycles. The van der Waals surface area contributed by atoms with Crippen LogP contribution >= 0.6 is 11.3 Å². The average Bonchev–Trinajstić information content (AvgIpc) is 2.97. The number of nitrogens with one attached hydrogen (secondary N) is 1. The zero-order valence-corrected chi connectivity index (χ0v) is 11.9. The minimum atomic E-state index is 0.628. The van der Waals surface area contributed by atoms with E-state index >= 15 is 0 Å². The van der Waals surface area contributed by atoms with E-state index in [1.165, 1.54) is 22.6 Å². The Hall–Kier alpha value is -1.33. The topological polar surface area (TPSA) is 39.1 Å². The summed E-state index contributed by atoms with van der Waals surface area (Å²) in [6, 6.07) is 5.11. The Labute approximate surface area is 117 Å². The molecular weight excluding hydrogens is 258 g/mol. The third kappa shape index (κ3) is 3.58. The average molecular weight is 277 g/mol. The standard InChI is InChI=1S/C14H19N3OS/c1-2-17-9-12(7-16-17)18-10-14-6-5-13(19-14)8-15-11-3-4-11/h5-7,9,11,15H,2-4,8,10H2,1H3. The van der Waals surface area contributed by atoms with Crippen molar-refractivity contribution < 1.29 is 4.74 Å². The second-order valence-corrected chi connectivity index (χ2v) is 6.10. The highest BCUT2D eigenvalue weighted by Crippen LogP contribution is 2.22. The van der Waals surface area contributed by atoms with Gasteiger partial charge in [0.15, 0.2) is 5.75 Å². The smallest absolute Gasteiger partial charge is 0.157 e. The van der Waals surface area contributed by atoms with E-state index in [9.17, 15) is 0 Å². The first-order valence-electron chi connectivity index (χ1n) is 6.79. The highest BCUT2D eigenvalue weighted by molar-refractivity contribution is 7.11. The molecule has 0 bridgehead atoms.